The summed E-state index contributed by atoms with van der Waals surface area (Å²) in [4.78, 5) is 28.2. The normalized spacial score (nSPS) is 14.8. The van der Waals surface area contributed by atoms with E-state index in [1.165, 1.54) is 35.2 Å². The number of benzene rings is 3. The number of halogens is 4. The Morgan fingerprint density at radius 3 is 2.24 bits per heavy atom. The topological polar surface area (TPSA) is 86.8 Å². The Kier molecular flexibility index (Phi) is 9.83. The van der Waals surface area contributed by atoms with Crippen LogP contribution in [-0.2, 0) is 32.3 Å². The number of anilines is 1. The molecule has 0 radical (unpaired) electrons. The summed E-state index contributed by atoms with van der Waals surface area (Å²) in [5.41, 5.74) is -0.774. The Bertz CT molecular complexity index is 1500. The van der Waals surface area contributed by atoms with Crippen molar-refractivity contribution in [3.8, 4) is 0 Å². The highest BCUT2D eigenvalue weighted by molar-refractivity contribution is 7.92. The van der Waals surface area contributed by atoms with Crippen molar-refractivity contribution in [2.24, 2.45) is 0 Å². The van der Waals surface area contributed by atoms with Crippen LogP contribution in [0.2, 0.25) is 5.02 Å². The van der Waals surface area contributed by atoms with E-state index >= 15 is 0 Å². The molecule has 0 aliphatic heterocycles. The summed E-state index contributed by atoms with van der Waals surface area (Å²) in [7, 11) is -4.49. The second-order valence-corrected chi connectivity index (χ2v) is 12.5. The minimum atomic E-state index is -4.74. The predicted molar refractivity (Wildman–Crippen MR) is 154 cm³/mol. The van der Waals surface area contributed by atoms with Crippen LogP contribution < -0.4 is 9.62 Å². The molecule has 0 aromatic heterocycles. The third-order valence-corrected chi connectivity index (χ3v) is 9.25. The lowest BCUT2D eigenvalue weighted by atomic mass is 10.1. The molecule has 3 aromatic rings. The average molecular weight is 622 g/mol. The number of nitrogens with zero attached hydrogens (tertiary/aromatic N) is 2. The minimum absolute atomic E-state index is 0.0208. The van der Waals surface area contributed by atoms with Gasteiger partial charge in [-0.1, -0.05) is 60.8 Å². The Morgan fingerprint density at radius 2 is 1.62 bits per heavy atom. The van der Waals surface area contributed by atoms with Crippen molar-refractivity contribution in [1.29, 1.82) is 0 Å². The van der Waals surface area contributed by atoms with Gasteiger partial charge in [0.25, 0.3) is 10.0 Å². The lowest BCUT2D eigenvalue weighted by molar-refractivity contribution is -0.139. The molecule has 2 amide bonds. The van der Waals surface area contributed by atoms with Crippen LogP contribution in [0.25, 0.3) is 0 Å². The standard InChI is InChI=1S/C30H31ClF3N3O4S/c1-21(29(39)35-25-9-5-6-10-25)36(19-22-14-16-24(31)17-15-22)28(38)20-37(42(40,41)27-12-3-2-4-13-27)26-11-7-8-23(18-26)30(32,33)34/h2-4,7-8,11-18,21,25H,5-6,9-10,19-20H2,1H3,(H,35,39)/t21-/m1/s1. The number of carbonyl (C=O) groups is 2. The van der Waals surface area contributed by atoms with Crippen molar-refractivity contribution < 1.29 is 31.2 Å². The van der Waals surface area contributed by atoms with Gasteiger partial charge in [0.2, 0.25) is 11.8 Å². The summed E-state index contributed by atoms with van der Waals surface area (Å²) in [6.07, 6.45) is -1.13. The van der Waals surface area contributed by atoms with Crippen molar-refractivity contribution in [2.45, 2.75) is 62.3 Å². The van der Waals surface area contributed by atoms with Crippen molar-refractivity contribution >= 4 is 39.1 Å². The van der Waals surface area contributed by atoms with Gasteiger partial charge in [-0.25, -0.2) is 8.42 Å². The third kappa shape index (κ3) is 7.63. The molecular weight excluding hydrogens is 591 g/mol. The third-order valence-electron chi connectivity index (χ3n) is 7.21. The van der Waals surface area contributed by atoms with Crippen molar-refractivity contribution in [3.05, 3.63) is 95.0 Å². The number of amides is 2. The summed E-state index contributed by atoms with van der Waals surface area (Å²) in [6.45, 7) is 0.642. The number of hydrogen-bond donors (Lipinski definition) is 1. The van der Waals surface area contributed by atoms with Gasteiger partial charge in [-0.3, -0.25) is 13.9 Å². The molecule has 0 heterocycles. The largest absolute Gasteiger partial charge is 0.416 e. The number of alkyl halides is 3. The van der Waals surface area contributed by atoms with Gasteiger partial charge >= 0.3 is 6.18 Å². The van der Waals surface area contributed by atoms with E-state index in [9.17, 15) is 31.2 Å². The fraction of sp³-hybridized carbons (Fsp3) is 0.333. The minimum Gasteiger partial charge on any atom is -0.352 e. The Labute approximate surface area is 248 Å². The lowest BCUT2D eigenvalue weighted by Crippen LogP contribution is -2.52. The van der Waals surface area contributed by atoms with Gasteiger partial charge in [0.1, 0.15) is 12.6 Å². The van der Waals surface area contributed by atoms with Crippen LogP contribution in [0, 0.1) is 0 Å². The van der Waals surface area contributed by atoms with Crippen LogP contribution >= 0.6 is 11.6 Å². The van der Waals surface area contributed by atoms with Crippen LogP contribution in [0.4, 0.5) is 18.9 Å². The number of sulfonamides is 1. The first-order valence-electron chi connectivity index (χ1n) is 13.5. The fourth-order valence-electron chi connectivity index (χ4n) is 4.85. The maximum absolute atomic E-state index is 13.9. The summed E-state index contributed by atoms with van der Waals surface area (Å²) >= 11 is 6.01. The van der Waals surface area contributed by atoms with Gasteiger partial charge < -0.3 is 10.2 Å². The summed E-state index contributed by atoms with van der Waals surface area (Å²) in [5, 5.41) is 3.43. The second-order valence-electron chi connectivity index (χ2n) is 10.2. The smallest absolute Gasteiger partial charge is 0.352 e. The van der Waals surface area contributed by atoms with Crippen LogP contribution in [0.5, 0.6) is 0 Å². The van der Waals surface area contributed by atoms with E-state index in [4.69, 9.17) is 11.6 Å². The molecule has 1 N–H and O–H groups in total. The highest BCUT2D eigenvalue weighted by Crippen LogP contribution is 2.33. The van der Waals surface area contributed by atoms with E-state index in [1.807, 2.05) is 0 Å². The number of hydrogen-bond acceptors (Lipinski definition) is 4. The molecule has 3 aromatic carbocycles. The zero-order chi connectivity index (χ0) is 30.5. The maximum Gasteiger partial charge on any atom is 0.416 e. The number of rotatable bonds is 10. The van der Waals surface area contributed by atoms with E-state index in [2.05, 4.69) is 5.32 Å². The molecule has 1 atom stereocenters. The average Bonchev–Trinajstić information content (AvgIpc) is 3.48. The molecule has 1 saturated carbocycles. The Balaban J connectivity index is 1.72. The predicted octanol–water partition coefficient (Wildman–Crippen LogP) is 6.03. The molecule has 0 spiro atoms. The summed E-state index contributed by atoms with van der Waals surface area (Å²) in [5.74, 6) is -1.17. The Hall–Kier alpha value is -3.57. The van der Waals surface area contributed by atoms with Crippen LogP contribution in [0.1, 0.15) is 43.7 Å². The monoisotopic (exact) mass is 621 g/mol. The van der Waals surface area contributed by atoms with E-state index < -0.39 is 46.2 Å². The van der Waals surface area contributed by atoms with Gasteiger partial charge in [0.15, 0.2) is 0 Å². The van der Waals surface area contributed by atoms with E-state index in [-0.39, 0.29) is 23.2 Å². The summed E-state index contributed by atoms with van der Waals surface area (Å²) in [6, 6.07) is 16.5. The van der Waals surface area contributed by atoms with Gasteiger partial charge in [-0.15, -0.1) is 0 Å². The molecule has 0 bridgehead atoms. The number of nitrogens with one attached hydrogen (secondary N) is 1. The molecule has 1 fully saturated rings. The van der Waals surface area contributed by atoms with Gasteiger partial charge in [-0.2, -0.15) is 13.2 Å². The van der Waals surface area contributed by atoms with Gasteiger partial charge in [0, 0.05) is 17.6 Å². The highest BCUT2D eigenvalue weighted by atomic mass is 35.5. The SMILES string of the molecule is C[C@H](C(=O)NC1CCCC1)N(Cc1ccc(Cl)cc1)C(=O)CN(c1cccc(C(F)(F)F)c1)S(=O)(=O)c1ccccc1. The second kappa shape index (κ2) is 13.2. The molecule has 42 heavy (non-hydrogen) atoms. The van der Waals surface area contributed by atoms with Crippen molar-refractivity contribution in [3.63, 3.8) is 0 Å². The first kappa shape index (κ1) is 31.4. The molecule has 7 nitrogen and oxygen atoms in total. The summed E-state index contributed by atoms with van der Waals surface area (Å²) < 4.78 is 68.9. The first-order valence-corrected chi connectivity index (χ1v) is 15.3. The molecule has 4 rings (SSSR count). The molecule has 1 aliphatic rings. The molecular formula is C30H31ClF3N3O4S. The highest BCUT2D eigenvalue weighted by Gasteiger charge is 2.35. The van der Waals surface area contributed by atoms with Crippen LogP contribution in [-0.4, -0.2) is 43.8 Å². The maximum atomic E-state index is 13.9. The van der Waals surface area contributed by atoms with Crippen molar-refractivity contribution in [1.82, 2.24) is 10.2 Å². The van der Waals surface area contributed by atoms with E-state index in [0.717, 1.165) is 37.8 Å². The zero-order valence-electron chi connectivity index (χ0n) is 22.9. The number of carbonyl (C=O) groups excluding carboxylic acids is 2. The quantitative estimate of drug-likeness (QED) is 0.300. The molecule has 0 saturated heterocycles. The molecule has 224 valence electrons. The fourth-order valence-corrected chi connectivity index (χ4v) is 6.40. The van der Waals surface area contributed by atoms with Crippen LogP contribution in [0.15, 0.2) is 83.8 Å². The molecule has 1 aliphatic carbocycles. The lowest BCUT2D eigenvalue weighted by Gasteiger charge is -2.32. The molecule has 12 heteroatoms. The van der Waals surface area contributed by atoms with E-state index in [0.29, 0.717) is 21.0 Å². The van der Waals surface area contributed by atoms with Gasteiger partial charge in [-0.05, 0) is 67.8 Å². The van der Waals surface area contributed by atoms with Crippen LogP contribution in [0.3, 0.4) is 0 Å². The van der Waals surface area contributed by atoms with Gasteiger partial charge in [0.05, 0.1) is 16.1 Å². The zero-order valence-corrected chi connectivity index (χ0v) is 24.4. The first-order chi connectivity index (χ1) is 19.9. The molecule has 0 unspecified atom stereocenters. The Morgan fingerprint density at radius 1 is 0.976 bits per heavy atom. The van der Waals surface area contributed by atoms with E-state index in [1.54, 1.807) is 37.3 Å². The van der Waals surface area contributed by atoms with Crippen molar-refractivity contribution in [2.75, 3.05) is 10.8 Å².